The van der Waals surface area contributed by atoms with Gasteiger partial charge in [0, 0.05) is 0 Å². The van der Waals surface area contributed by atoms with Crippen LogP contribution >= 0.6 is 0 Å². The number of benzene rings is 1. The van der Waals surface area contributed by atoms with E-state index in [-0.39, 0.29) is 0 Å². The number of hydrogen-bond acceptors (Lipinski definition) is 0. The average molecular weight is 216 g/mol. The minimum atomic E-state index is 0.739. The molecule has 0 aromatic heterocycles. The summed E-state index contributed by atoms with van der Waals surface area (Å²) >= 11 is 0. The van der Waals surface area contributed by atoms with Crippen molar-refractivity contribution >= 4 is 0 Å². The van der Waals surface area contributed by atoms with E-state index in [2.05, 4.69) is 45.0 Å². The van der Waals surface area contributed by atoms with E-state index >= 15 is 0 Å². The van der Waals surface area contributed by atoms with Crippen LogP contribution in [0.5, 0.6) is 0 Å². The highest BCUT2D eigenvalue weighted by molar-refractivity contribution is 5.25. The van der Waals surface area contributed by atoms with Crippen molar-refractivity contribution in [2.45, 2.75) is 52.4 Å². The molecule has 1 aliphatic rings. The highest BCUT2D eigenvalue weighted by Gasteiger charge is 2.24. The molecule has 1 aromatic carbocycles. The predicted octanol–water partition coefficient (Wildman–Crippen LogP) is 4.92. The second kappa shape index (κ2) is 5.03. The SMILES string of the molecule is Cc1cccc(C(C)C2CCCC(C)C2)c1. The van der Waals surface area contributed by atoms with Crippen LogP contribution in [0.25, 0.3) is 0 Å². The summed E-state index contributed by atoms with van der Waals surface area (Å²) in [5, 5.41) is 0. The van der Waals surface area contributed by atoms with Gasteiger partial charge in [0.1, 0.15) is 0 Å². The molecule has 1 fully saturated rings. The molecule has 0 aliphatic heterocycles. The lowest BCUT2D eigenvalue weighted by atomic mass is 9.74. The third-order valence-corrected chi connectivity index (χ3v) is 4.25. The fourth-order valence-corrected chi connectivity index (χ4v) is 3.16. The first kappa shape index (κ1) is 11.7. The van der Waals surface area contributed by atoms with E-state index in [0.717, 1.165) is 17.8 Å². The minimum absolute atomic E-state index is 0.739. The Balaban J connectivity index is 2.09. The van der Waals surface area contributed by atoms with Crippen LogP contribution in [-0.2, 0) is 0 Å². The summed E-state index contributed by atoms with van der Waals surface area (Å²) in [5.74, 6) is 2.58. The summed E-state index contributed by atoms with van der Waals surface area (Å²) in [4.78, 5) is 0. The van der Waals surface area contributed by atoms with Crippen LogP contribution in [0.4, 0.5) is 0 Å². The zero-order valence-electron chi connectivity index (χ0n) is 10.9. The topological polar surface area (TPSA) is 0 Å². The molecule has 0 heteroatoms. The zero-order valence-corrected chi connectivity index (χ0v) is 10.9. The van der Waals surface area contributed by atoms with Gasteiger partial charge >= 0.3 is 0 Å². The maximum absolute atomic E-state index is 2.41. The van der Waals surface area contributed by atoms with Crippen LogP contribution in [0.3, 0.4) is 0 Å². The van der Waals surface area contributed by atoms with E-state index < -0.39 is 0 Å². The summed E-state index contributed by atoms with van der Waals surface area (Å²) < 4.78 is 0. The first-order valence-electron chi connectivity index (χ1n) is 6.73. The van der Waals surface area contributed by atoms with E-state index in [1.54, 1.807) is 5.56 Å². The second-order valence-electron chi connectivity index (χ2n) is 5.73. The fourth-order valence-electron chi connectivity index (χ4n) is 3.16. The Bertz CT molecular complexity index is 340. The van der Waals surface area contributed by atoms with Gasteiger partial charge in [-0.1, -0.05) is 56.5 Å². The predicted molar refractivity (Wildman–Crippen MR) is 70.7 cm³/mol. The molecule has 0 bridgehead atoms. The van der Waals surface area contributed by atoms with E-state index in [0.29, 0.717) is 0 Å². The van der Waals surface area contributed by atoms with Gasteiger partial charge in [-0.25, -0.2) is 0 Å². The van der Waals surface area contributed by atoms with Crippen LogP contribution < -0.4 is 0 Å². The Morgan fingerprint density at radius 1 is 1.25 bits per heavy atom. The normalized spacial score (nSPS) is 27.7. The Morgan fingerprint density at radius 2 is 2.06 bits per heavy atom. The molecule has 16 heavy (non-hydrogen) atoms. The van der Waals surface area contributed by atoms with Crippen molar-refractivity contribution in [3.05, 3.63) is 35.4 Å². The lowest BCUT2D eigenvalue weighted by molar-refractivity contribution is 0.253. The molecule has 3 unspecified atom stereocenters. The van der Waals surface area contributed by atoms with Crippen LogP contribution in [0, 0.1) is 18.8 Å². The lowest BCUT2D eigenvalue weighted by Crippen LogP contribution is -2.18. The van der Waals surface area contributed by atoms with Gasteiger partial charge in [-0.3, -0.25) is 0 Å². The van der Waals surface area contributed by atoms with E-state index in [1.165, 1.54) is 31.2 Å². The summed E-state index contributed by atoms with van der Waals surface area (Å²) in [5.41, 5.74) is 2.94. The Hall–Kier alpha value is -0.780. The van der Waals surface area contributed by atoms with Gasteiger partial charge < -0.3 is 0 Å². The molecule has 0 nitrogen and oxygen atoms in total. The summed E-state index contributed by atoms with van der Waals surface area (Å²) in [6, 6.07) is 9.06. The standard InChI is InChI=1S/C16H24/c1-12-6-4-8-15(10-12)14(3)16-9-5-7-13(2)11-16/h4,6,8,10,13-14,16H,5,7,9,11H2,1-3H3. The van der Waals surface area contributed by atoms with E-state index in [4.69, 9.17) is 0 Å². The highest BCUT2D eigenvalue weighted by Crippen LogP contribution is 2.38. The van der Waals surface area contributed by atoms with Crippen molar-refractivity contribution in [1.82, 2.24) is 0 Å². The Kier molecular flexibility index (Phi) is 3.68. The third kappa shape index (κ3) is 2.66. The first-order chi connectivity index (χ1) is 7.66. The largest absolute Gasteiger partial charge is 0.0625 e. The van der Waals surface area contributed by atoms with Gasteiger partial charge in [-0.05, 0) is 43.1 Å². The van der Waals surface area contributed by atoms with Gasteiger partial charge in [0.25, 0.3) is 0 Å². The summed E-state index contributed by atoms with van der Waals surface area (Å²) in [6.07, 6.45) is 5.73. The van der Waals surface area contributed by atoms with Crippen molar-refractivity contribution in [3.63, 3.8) is 0 Å². The molecule has 88 valence electrons. The van der Waals surface area contributed by atoms with Gasteiger partial charge in [0.15, 0.2) is 0 Å². The van der Waals surface area contributed by atoms with E-state index in [9.17, 15) is 0 Å². The number of aryl methyl sites for hydroxylation is 1. The first-order valence-corrected chi connectivity index (χ1v) is 6.73. The summed E-state index contributed by atoms with van der Waals surface area (Å²) in [6.45, 7) is 7.02. The minimum Gasteiger partial charge on any atom is -0.0625 e. The van der Waals surface area contributed by atoms with Gasteiger partial charge in [-0.2, -0.15) is 0 Å². The smallest absolute Gasteiger partial charge is 0.0162 e. The molecule has 2 rings (SSSR count). The van der Waals surface area contributed by atoms with Crippen molar-refractivity contribution in [1.29, 1.82) is 0 Å². The molecule has 1 aromatic rings. The van der Waals surface area contributed by atoms with Crippen LogP contribution in [0.1, 0.15) is 56.6 Å². The van der Waals surface area contributed by atoms with Gasteiger partial charge in [-0.15, -0.1) is 0 Å². The van der Waals surface area contributed by atoms with Gasteiger partial charge in [0.2, 0.25) is 0 Å². The monoisotopic (exact) mass is 216 g/mol. The maximum Gasteiger partial charge on any atom is -0.0162 e. The molecule has 0 radical (unpaired) electrons. The number of rotatable bonds is 2. The van der Waals surface area contributed by atoms with Crippen molar-refractivity contribution in [2.75, 3.05) is 0 Å². The quantitative estimate of drug-likeness (QED) is 0.658. The molecular weight excluding hydrogens is 192 g/mol. The van der Waals surface area contributed by atoms with Crippen LogP contribution in [0.15, 0.2) is 24.3 Å². The zero-order chi connectivity index (χ0) is 11.5. The van der Waals surface area contributed by atoms with E-state index in [1.807, 2.05) is 0 Å². The Morgan fingerprint density at radius 3 is 2.75 bits per heavy atom. The van der Waals surface area contributed by atoms with Crippen molar-refractivity contribution in [2.24, 2.45) is 11.8 Å². The molecule has 0 N–H and O–H groups in total. The Labute approximate surface area is 100 Å². The molecule has 0 saturated heterocycles. The molecule has 0 spiro atoms. The average Bonchev–Trinajstić information content (AvgIpc) is 2.28. The molecule has 1 saturated carbocycles. The lowest BCUT2D eigenvalue weighted by Gasteiger charge is -2.31. The van der Waals surface area contributed by atoms with Crippen molar-refractivity contribution in [3.8, 4) is 0 Å². The molecule has 3 atom stereocenters. The summed E-state index contributed by atoms with van der Waals surface area (Å²) in [7, 11) is 0. The third-order valence-electron chi connectivity index (χ3n) is 4.25. The molecular formula is C16H24. The number of hydrogen-bond donors (Lipinski definition) is 0. The molecule has 1 aliphatic carbocycles. The molecule has 0 amide bonds. The van der Waals surface area contributed by atoms with Crippen LogP contribution in [0.2, 0.25) is 0 Å². The van der Waals surface area contributed by atoms with Crippen LogP contribution in [-0.4, -0.2) is 0 Å². The van der Waals surface area contributed by atoms with Gasteiger partial charge in [0.05, 0.1) is 0 Å². The van der Waals surface area contributed by atoms with Crippen molar-refractivity contribution < 1.29 is 0 Å². The maximum atomic E-state index is 2.41. The second-order valence-corrected chi connectivity index (χ2v) is 5.73. The fraction of sp³-hybridized carbons (Fsp3) is 0.625. The highest BCUT2D eigenvalue weighted by atomic mass is 14.3. The molecule has 0 heterocycles.